The number of halogens is 2. The second-order valence-electron chi connectivity index (χ2n) is 7.27. The molecular weight excluding hydrogens is 469 g/mol. The Hall–Kier alpha value is -3.63. The van der Waals surface area contributed by atoms with Gasteiger partial charge in [0.05, 0.1) is 28.3 Å². The number of sulfone groups is 1. The fourth-order valence-corrected chi connectivity index (χ4v) is 4.29. The van der Waals surface area contributed by atoms with Gasteiger partial charge in [0.2, 0.25) is 0 Å². The second kappa shape index (κ2) is 8.72. The van der Waals surface area contributed by atoms with Gasteiger partial charge in [-0.3, -0.25) is 9.78 Å². The number of nitrogens with two attached hydrogens (primary N) is 1. The number of anilines is 2. The van der Waals surface area contributed by atoms with Crippen molar-refractivity contribution >= 4 is 49.8 Å². The molecule has 1 amide bonds. The summed E-state index contributed by atoms with van der Waals surface area (Å²) in [4.78, 5) is 26.7. The molecule has 0 saturated heterocycles. The van der Waals surface area contributed by atoms with Gasteiger partial charge in [0.1, 0.15) is 0 Å². The van der Waals surface area contributed by atoms with Crippen LogP contribution in [0.4, 0.5) is 15.9 Å². The van der Waals surface area contributed by atoms with E-state index in [-0.39, 0.29) is 33.7 Å². The Morgan fingerprint density at radius 1 is 1.18 bits per heavy atom. The van der Waals surface area contributed by atoms with Crippen molar-refractivity contribution in [2.75, 3.05) is 16.9 Å². The van der Waals surface area contributed by atoms with Crippen molar-refractivity contribution in [1.29, 1.82) is 0 Å². The SMILES string of the molecule is CS(=O)(=O)c1ncccc1N(Cc1ccc2cc(F)c(N)nc2c1)C(=O)c1cncc(Cl)c1. The summed E-state index contributed by atoms with van der Waals surface area (Å²) in [6.07, 6.45) is 5.07. The van der Waals surface area contributed by atoms with Crippen LogP contribution < -0.4 is 10.6 Å². The van der Waals surface area contributed by atoms with Crippen molar-refractivity contribution in [3.8, 4) is 0 Å². The summed E-state index contributed by atoms with van der Waals surface area (Å²) in [6.45, 7) is -0.0333. The van der Waals surface area contributed by atoms with Gasteiger partial charge in [0.25, 0.3) is 5.91 Å². The van der Waals surface area contributed by atoms with E-state index in [4.69, 9.17) is 17.3 Å². The van der Waals surface area contributed by atoms with E-state index < -0.39 is 21.6 Å². The number of nitrogens with zero attached hydrogens (tertiary/aromatic N) is 4. The van der Waals surface area contributed by atoms with Crippen LogP contribution in [0.2, 0.25) is 5.02 Å². The molecule has 0 spiro atoms. The zero-order valence-electron chi connectivity index (χ0n) is 17.2. The van der Waals surface area contributed by atoms with Crippen LogP contribution >= 0.6 is 11.6 Å². The number of carbonyl (C=O) groups excluding carboxylic acids is 1. The van der Waals surface area contributed by atoms with Crippen LogP contribution in [0.15, 0.2) is 66.1 Å². The molecule has 33 heavy (non-hydrogen) atoms. The van der Waals surface area contributed by atoms with E-state index in [1.807, 2.05) is 0 Å². The fraction of sp³-hybridized carbons (Fsp3) is 0.0909. The molecule has 4 rings (SSSR count). The third-order valence-electron chi connectivity index (χ3n) is 4.79. The Labute approximate surface area is 193 Å². The van der Waals surface area contributed by atoms with E-state index in [2.05, 4.69) is 15.0 Å². The van der Waals surface area contributed by atoms with Gasteiger partial charge in [0.15, 0.2) is 26.5 Å². The minimum absolute atomic E-state index is 0.0333. The fourth-order valence-electron chi connectivity index (χ4n) is 3.31. The third-order valence-corrected chi connectivity index (χ3v) is 6.02. The molecule has 0 radical (unpaired) electrons. The summed E-state index contributed by atoms with van der Waals surface area (Å²) in [5.41, 5.74) is 6.88. The van der Waals surface area contributed by atoms with Crippen LogP contribution in [0.1, 0.15) is 15.9 Å². The van der Waals surface area contributed by atoms with Gasteiger partial charge < -0.3 is 10.6 Å². The normalized spacial score (nSPS) is 11.5. The summed E-state index contributed by atoms with van der Waals surface area (Å²) >= 11 is 6.00. The zero-order chi connectivity index (χ0) is 23.8. The number of aromatic nitrogens is 3. The van der Waals surface area contributed by atoms with E-state index in [9.17, 15) is 17.6 Å². The Morgan fingerprint density at radius 3 is 2.70 bits per heavy atom. The number of pyridine rings is 3. The van der Waals surface area contributed by atoms with E-state index in [1.54, 1.807) is 18.2 Å². The van der Waals surface area contributed by atoms with Gasteiger partial charge in [-0.05, 0) is 35.9 Å². The quantitative estimate of drug-likeness (QED) is 0.458. The molecule has 0 aliphatic carbocycles. The highest BCUT2D eigenvalue weighted by Crippen LogP contribution is 2.28. The van der Waals surface area contributed by atoms with Crippen LogP contribution in [0.25, 0.3) is 10.9 Å². The van der Waals surface area contributed by atoms with Gasteiger partial charge in [-0.25, -0.2) is 22.8 Å². The van der Waals surface area contributed by atoms with Crippen molar-refractivity contribution in [1.82, 2.24) is 15.0 Å². The number of fused-ring (bicyclic) bond motifs is 1. The van der Waals surface area contributed by atoms with E-state index >= 15 is 0 Å². The highest BCUT2D eigenvalue weighted by atomic mass is 35.5. The Morgan fingerprint density at radius 2 is 1.97 bits per heavy atom. The molecular formula is C22H17ClFN5O3S. The van der Waals surface area contributed by atoms with Crippen molar-refractivity contribution in [2.24, 2.45) is 0 Å². The first kappa shape index (κ1) is 22.6. The lowest BCUT2D eigenvalue weighted by atomic mass is 10.1. The molecule has 3 heterocycles. The van der Waals surface area contributed by atoms with Crippen LogP contribution in [0.3, 0.4) is 0 Å². The van der Waals surface area contributed by atoms with Crippen LogP contribution in [0.5, 0.6) is 0 Å². The average Bonchev–Trinajstić information content (AvgIpc) is 2.77. The highest BCUT2D eigenvalue weighted by molar-refractivity contribution is 7.90. The molecule has 2 N–H and O–H groups in total. The van der Waals surface area contributed by atoms with Gasteiger partial charge in [-0.15, -0.1) is 0 Å². The first-order valence-electron chi connectivity index (χ1n) is 9.55. The Bertz CT molecular complexity index is 1500. The maximum Gasteiger partial charge on any atom is 0.260 e. The van der Waals surface area contributed by atoms with Gasteiger partial charge >= 0.3 is 0 Å². The van der Waals surface area contributed by atoms with E-state index in [0.29, 0.717) is 16.5 Å². The standard InChI is InChI=1S/C22H17ClFN5O3S/c1-33(31,32)21-19(3-2-6-27-21)29(22(30)15-8-16(23)11-26-10-15)12-13-4-5-14-9-17(24)20(25)28-18(14)7-13/h2-11H,12H2,1H3,(H2,25,28). The molecule has 168 valence electrons. The average molecular weight is 486 g/mol. The van der Waals surface area contributed by atoms with Crippen LogP contribution in [-0.4, -0.2) is 35.5 Å². The molecule has 0 atom stereocenters. The maximum absolute atomic E-state index is 13.7. The van der Waals surface area contributed by atoms with E-state index in [1.165, 1.54) is 47.8 Å². The molecule has 11 heteroatoms. The largest absolute Gasteiger partial charge is 0.381 e. The molecule has 0 bridgehead atoms. The first-order valence-corrected chi connectivity index (χ1v) is 11.8. The minimum Gasteiger partial charge on any atom is -0.381 e. The second-order valence-corrected chi connectivity index (χ2v) is 9.63. The first-order chi connectivity index (χ1) is 15.6. The lowest BCUT2D eigenvalue weighted by Crippen LogP contribution is -2.32. The summed E-state index contributed by atoms with van der Waals surface area (Å²) in [5.74, 6) is -1.41. The monoisotopic (exact) mass is 485 g/mol. The minimum atomic E-state index is -3.76. The summed E-state index contributed by atoms with van der Waals surface area (Å²) < 4.78 is 38.5. The van der Waals surface area contributed by atoms with Gasteiger partial charge in [0, 0.05) is 30.2 Å². The Kier molecular flexibility index (Phi) is 5.96. The molecule has 8 nitrogen and oxygen atoms in total. The summed E-state index contributed by atoms with van der Waals surface area (Å²) in [7, 11) is -3.76. The smallest absolute Gasteiger partial charge is 0.260 e. The maximum atomic E-state index is 13.7. The lowest BCUT2D eigenvalue weighted by Gasteiger charge is -2.24. The zero-order valence-corrected chi connectivity index (χ0v) is 18.8. The molecule has 0 unspecified atom stereocenters. The molecule has 0 fully saturated rings. The Balaban J connectivity index is 1.84. The van der Waals surface area contributed by atoms with Gasteiger partial charge in [-0.1, -0.05) is 23.7 Å². The highest BCUT2D eigenvalue weighted by Gasteiger charge is 2.26. The topological polar surface area (TPSA) is 119 Å². The van der Waals surface area contributed by atoms with E-state index in [0.717, 1.165) is 6.26 Å². The van der Waals surface area contributed by atoms with Crippen LogP contribution in [0, 0.1) is 5.82 Å². The molecule has 0 saturated carbocycles. The summed E-state index contributed by atoms with van der Waals surface area (Å²) in [6, 6.07) is 10.7. The van der Waals surface area contributed by atoms with Gasteiger partial charge in [-0.2, -0.15) is 0 Å². The number of rotatable bonds is 5. The number of nitrogen functional groups attached to an aromatic ring is 1. The van der Waals surface area contributed by atoms with Crippen molar-refractivity contribution < 1.29 is 17.6 Å². The molecule has 0 aliphatic rings. The molecule has 0 aliphatic heterocycles. The van der Waals surface area contributed by atoms with Crippen molar-refractivity contribution in [2.45, 2.75) is 11.6 Å². The molecule has 3 aromatic heterocycles. The predicted octanol–water partition coefficient (Wildman–Crippen LogP) is 3.65. The number of hydrogen-bond donors (Lipinski definition) is 1. The number of benzene rings is 1. The van der Waals surface area contributed by atoms with Crippen LogP contribution in [-0.2, 0) is 16.4 Å². The number of hydrogen-bond acceptors (Lipinski definition) is 7. The summed E-state index contributed by atoms with van der Waals surface area (Å²) in [5, 5.41) is 0.530. The number of carbonyl (C=O) groups is 1. The molecule has 4 aromatic rings. The van der Waals surface area contributed by atoms with Crippen molar-refractivity contribution in [3.05, 3.63) is 83.0 Å². The predicted molar refractivity (Wildman–Crippen MR) is 123 cm³/mol. The molecule has 1 aromatic carbocycles. The number of amides is 1. The van der Waals surface area contributed by atoms with Crippen molar-refractivity contribution in [3.63, 3.8) is 0 Å². The third kappa shape index (κ3) is 4.76. The lowest BCUT2D eigenvalue weighted by molar-refractivity contribution is 0.0984.